The van der Waals surface area contributed by atoms with Crippen molar-refractivity contribution in [1.82, 2.24) is 5.32 Å². The molecule has 120 valence electrons. The Hall–Kier alpha value is -2.38. The molecule has 2 N–H and O–H groups in total. The third kappa shape index (κ3) is 4.54. The number of nitrogens with one attached hydrogen (secondary N) is 1. The van der Waals surface area contributed by atoms with Crippen LogP contribution in [0.15, 0.2) is 52.3 Å². The van der Waals surface area contributed by atoms with Crippen molar-refractivity contribution in [3.05, 3.63) is 63.7 Å². The maximum atomic E-state index is 11.8. The summed E-state index contributed by atoms with van der Waals surface area (Å²) in [5, 5.41) is 22.5. The van der Waals surface area contributed by atoms with Crippen LogP contribution in [0.4, 0.5) is 5.69 Å². The Balaban J connectivity index is 2.27. The van der Waals surface area contributed by atoms with Gasteiger partial charge in [0.1, 0.15) is 0 Å². The van der Waals surface area contributed by atoms with Crippen LogP contribution in [0, 0.1) is 17.0 Å². The zero-order valence-electron chi connectivity index (χ0n) is 12.5. The lowest BCUT2D eigenvalue weighted by Crippen LogP contribution is -2.26. The van der Waals surface area contributed by atoms with Gasteiger partial charge in [-0.2, -0.15) is 0 Å². The number of aryl methyl sites for hydroxylation is 1. The fourth-order valence-electron chi connectivity index (χ4n) is 1.89. The van der Waals surface area contributed by atoms with Crippen LogP contribution < -0.4 is 5.32 Å². The van der Waals surface area contributed by atoms with E-state index in [1.165, 1.54) is 23.9 Å². The summed E-state index contributed by atoms with van der Waals surface area (Å²) in [7, 11) is 0. The highest BCUT2D eigenvalue weighted by atomic mass is 32.2. The van der Waals surface area contributed by atoms with Gasteiger partial charge in [-0.25, -0.2) is 0 Å². The van der Waals surface area contributed by atoms with E-state index in [-0.39, 0.29) is 24.4 Å². The van der Waals surface area contributed by atoms with Gasteiger partial charge in [-0.3, -0.25) is 14.9 Å². The van der Waals surface area contributed by atoms with E-state index in [1.807, 2.05) is 31.2 Å². The lowest BCUT2D eigenvalue weighted by atomic mass is 10.2. The molecule has 1 amide bonds. The van der Waals surface area contributed by atoms with E-state index >= 15 is 0 Å². The molecule has 7 heteroatoms. The zero-order valence-corrected chi connectivity index (χ0v) is 13.3. The fraction of sp³-hybridized carbons (Fsp3) is 0.188. The second-order valence-electron chi connectivity index (χ2n) is 4.83. The summed E-state index contributed by atoms with van der Waals surface area (Å²) in [6.45, 7) is 1.89. The van der Waals surface area contributed by atoms with Gasteiger partial charge in [-0.15, -0.1) is 0 Å². The number of rotatable bonds is 6. The zero-order chi connectivity index (χ0) is 16.8. The summed E-state index contributed by atoms with van der Waals surface area (Å²) in [5.41, 5.74) is 1.19. The minimum atomic E-state index is -0.501. The van der Waals surface area contributed by atoms with E-state index in [4.69, 9.17) is 5.11 Å². The van der Waals surface area contributed by atoms with Crippen molar-refractivity contribution < 1.29 is 14.8 Å². The number of hydrogen-bond acceptors (Lipinski definition) is 5. The monoisotopic (exact) mass is 332 g/mol. The van der Waals surface area contributed by atoms with Crippen LogP contribution in [0.2, 0.25) is 0 Å². The molecule has 0 aromatic heterocycles. The minimum Gasteiger partial charge on any atom is -0.395 e. The molecule has 0 aliphatic carbocycles. The Morgan fingerprint density at radius 2 is 1.96 bits per heavy atom. The minimum absolute atomic E-state index is 0.104. The number of aliphatic hydroxyl groups is 1. The van der Waals surface area contributed by atoms with Crippen molar-refractivity contribution in [1.29, 1.82) is 0 Å². The van der Waals surface area contributed by atoms with Gasteiger partial charge < -0.3 is 10.4 Å². The highest BCUT2D eigenvalue weighted by molar-refractivity contribution is 7.99. The molecule has 2 aromatic carbocycles. The number of nitro groups is 1. The standard InChI is InChI=1S/C16H16N2O4S/c1-11-2-5-13(6-3-11)23-15-7-4-12(10-14(15)18(21)22)16(20)17-8-9-19/h2-7,10,19H,8-9H2,1H3,(H,17,20). The second kappa shape index (κ2) is 7.75. The van der Waals surface area contributed by atoms with Crippen molar-refractivity contribution in [3.63, 3.8) is 0 Å². The van der Waals surface area contributed by atoms with E-state index in [0.717, 1.165) is 10.5 Å². The Labute approximate surface area is 137 Å². The lowest BCUT2D eigenvalue weighted by molar-refractivity contribution is -0.387. The highest BCUT2D eigenvalue weighted by Crippen LogP contribution is 2.35. The van der Waals surface area contributed by atoms with Crippen LogP contribution in [0.1, 0.15) is 15.9 Å². The predicted molar refractivity (Wildman–Crippen MR) is 87.8 cm³/mol. The molecule has 0 spiro atoms. The molecule has 0 heterocycles. The van der Waals surface area contributed by atoms with E-state index in [1.54, 1.807) is 6.07 Å². The van der Waals surface area contributed by atoms with Gasteiger partial charge in [0.05, 0.1) is 16.4 Å². The van der Waals surface area contributed by atoms with Crippen LogP contribution >= 0.6 is 11.8 Å². The molecule has 23 heavy (non-hydrogen) atoms. The van der Waals surface area contributed by atoms with Crippen LogP contribution in [0.25, 0.3) is 0 Å². The first-order valence-electron chi connectivity index (χ1n) is 6.93. The first-order valence-corrected chi connectivity index (χ1v) is 7.75. The molecule has 0 bridgehead atoms. The van der Waals surface area contributed by atoms with Gasteiger partial charge in [-0.05, 0) is 31.2 Å². The molecule has 6 nitrogen and oxygen atoms in total. The van der Waals surface area contributed by atoms with Gasteiger partial charge >= 0.3 is 0 Å². The molecule has 0 atom stereocenters. The molecule has 0 saturated carbocycles. The van der Waals surface area contributed by atoms with E-state index < -0.39 is 10.8 Å². The first kappa shape index (κ1) is 17.0. The number of nitro benzene ring substituents is 1. The average molecular weight is 332 g/mol. The Kier molecular flexibility index (Phi) is 5.72. The topological polar surface area (TPSA) is 92.5 Å². The van der Waals surface area contributed by atoms with E-state index in [9.17, 15) is 14.9 Å². The summed E-state index contributed by atoms with van der Waals surface area (Å²) >= 11 is 1.28. The van der Waals surface area contributed by atoms with Crippen LogP contribution in [0.5, 0.6) is 0 Å². The molecular weight excluding hydrogens is 316 g/mol. The van der Waals surface area contributed by atoms with Gasteiger partial charge in [0.15, 0.2) is 0 Å². The number of carbonyl (C=O) groups excluding carboxylic acids is 1. The Morgan fingerprint density at radius 3 is 2.57 bits per heavy atom. The van der Waals surface area contributed by atoms with Gasteiger partial charge in [0.2, 0.25) is 0 Å². The molecule has 0 radical (unpaired) electrons. The highest BCUT2D eigenvalue weighted by Gasteiger charge is 2.18. The third-order valence-electron chi connectivity index (χ3n) is 3.06. The van der Waals surface area contributed by atoms with Crippen molar-refractivity contribution in [3.8, 4) is 0 Å². The second-order valence-corrected chi connectivity index (χ2v) is 5.95. The first-order chi connectivity index (χ1) is 11.0. The fourth-order valence-corrected chi connectivity index (χ4v) is 2.79. The Bertz CT molecular complexity index is 717. The summed E-state index contributed by atoms with van der Waals surface area (Å²) in [4.78, 5) is 24.0. The average Bonchev–Trinajstić information content (AvgIpc) is 2.54. The summed E-state index contributed by atoms with van der Waals surface area (Å²) in [6, 6.07) is 12.0. The van der Waals surface area contributed by atoms with Crippen molar-refractivity contribution in [2.24, 2.45) is 0 Å². The summed E-state index contributed by atoms with van der Waals surface area (Å²) < 4.78 is 0. The number of amides is 1. The normalized spacial score (nSPS) is 10.3. The predicted octanol–water partition coefficient (Wildman–Crippen LogP) is 2.78. The smallest absolute Gasteiger partial charge is 0.284 e. The number of benzene rings is 2. The third-order valence-corrected chi connectivity index (χ3v) is 4.14. The molecule has 0 aliphatic rings. The van der Waals surface area contributed by atoms with E-state index in [0.29, 0.717) is 4.90 Å². The van der Waals surface area contributed by atoms with Crippen LogP contribution in [-0.2, 0) is 0 Å². The Morgan fingerprint density at radius 1 is 1.26 bits per heavy atom. The number of aliphatic hydroxyl groups excluding tert-OH is 1. The largest absolute Gasteiger partial charge is 0.395 e. The molecular formula is C16H16N2O4S. The maximum Gasteiger partial charge on any atom is 0.284 e. The molecule has 0 saturated heterocycles. The molecule has 2 rings (SSSR count). The lowest BCUT2D eigenvalue weighted by Gasteiger charge is -2.07. The molecule has 2 aromatic rings. The SMILES string of the molecule is Cc1ccc(Sc2ccc(C(=O)NCCO)cc2[N+](=O)[O-])cc1. The number of nitrogens with zero attached hydrogens (tertiary/aromatic N) is 1. The molecule has 0 aliphatic heterocycles. The molecule has 0 fully saturated rings. The molecule has 0 unspecified atom stereocenters. The maximum absolute atomic E-state index is 11.8. The van der Waals surface area contributed by atoms with Crippen molar-refractivity contribution in [2.45, 2.75) is 16.7 Å². The van der Waals surface area contributed by atoms with Gasteiger partial charge in [0.25, 0.3) is 11.6 Å². The van der Waals surface area contributed by atoms with Crippen molar-refractivity contribution >= 4 is 23.4 Å². The van der Waals surface area contributed by atoms with Crippen molar-refractivity contribution in [2.75, 3.05) is 13.2 Å². The summed E-state index contributed by atoms with van der Waals surface area (Å²) in [6.07, 6.45) is 0. The van der Waals surface area contributed by atoms with Gasteiger partial charge in [-0.1, -0.05) is 29.5 Å². The van der Waals surface area contributed by atoms with Crippen LogP contribution in [0.3, 0.4) is 0 Å². The number of hydrogen-bond donors (Lipinski definition) is 2. The van der Waals surface area contributed by atoms with Crippen LogP contribution in [-0.4, -0.2) is 29.1 Å². The van der Waals surface area contributed by atoms with E-state index in [2.05, 4.69) is 5.32 Å². The number of carbonyl (C=O) groups is 1. The summed E-state index contributed by atoms with van der Waals surface area (Å²) in [5.74, 6) is -0.450. The quantitative estimate of drug-likeness (QED) is 0.627. The van der Waals surface area contributed by atoms with Gasteiger partial charge in [0, 0.05) is 23.1 Å².